The number of methoxy groups -OCH3 is 2. The second-order valence-electron chi connectivity index (χ2n) is 3.23. The molecule has 0 heterocycles. The van der Waals surface area contributed by atoms with Gasteiger partial charge in [0.1, 0.15) is 5.75 Å². The predicted octanol–water partition coefficient (Wildman–Crippen LogP) is 2.05. The first-order valence-electron chi connectivity index (χ1n) is 4.44. The van der Waals surface area contributed by atoms with Crippen LogP contribution in [0.1, 0.15) is 12.5 Å². The summed E-state index contributed by atoms with van der Waals surface area (Å²) < 4.78 is 23.3. The van der Waals surface area contributed by atoms with Crippen LogP contribution < -0.4 is 4.74 Å². The van der Waals surface area contributed by atoms with E-state index in [9.17, 15) is 9.18 Å². The number of carbonyl (C=O) groups is 1. The molecule has 0 N–H and O–H groups in total. The van der Waals surface area contributed by atoms with E-state index in [1.54, 1.807) is 12.1 Å². The summed E-state index contributed by atoms with van der Waals surface area (Å²) in [6, 6.07) is 6.28. The standard InChI is InChI=1S/C11H13FO3/c1-11(12,10(13)15-3)8-5-4-6-9(7-8)14-2/h4-7H,1-3H3. The van der Waals surface area contributed by atoms with Gasteiger partial charge in [0.15, 0.2) is 0 Å². The van der Waals surface area contributed by atoms with Crippen LogP contribution in [0.2, 0.25) is 0 Å². The number of benzene rings is 1. The first-order chi connectivity index (χ1) is 7.02. The van der Waals surface area contributed by atoms with Crippen LogP contribution >= 0.6 is 0 Å². The Morgan fingerprint density at radius 3 is 2.60 bits per heavy atom. The van der Waals surface area contributed by atoms with Crippen molar-refractivity contribution in [1.29, 1.82) is 0 Å². The van der Waals surface area contributed by atoms with Gasteiger partial charge in [0, 0.05) is 5.56 Å². The number of carbonyl (C=O) groups excluding carboxylic acids is 1. The minimum Gasteiger partial charge on any atom is -0.497 e. The Morgan fingerprint density at radius 1 is 1.40 bits per heavy atom. The Labute approximate surface area is 87.8 Å². The van der Waals surface area contributed by atoms with Crippen molar-refractivity contribution in [2.45, 2.75) is 12.6 Å². The summed E-state index contributed by atoms with van der Waals surface area (Å²) in [5.41, 5.74) is -1.93. The van der Waals surface area contributed by atoms with Gasteiger partial charge in [-0.1, -0.05) is 12.1 Å². The molecule has 0 saturated carbocycles. The average Bonchev–Trinajstić information content (AvgIpc) is 2.27. The molecule has 0 amide bonds. The van der Waals surface area contributed by atoms with Crippen molar-refractivity contribution < 1.29 is 18.7 Å². The van der Waals surface area contributed by atoms with E-state index in [0.717, 1.165) is 14.0 Å². The van der Waals surface area contributed by atoms with E-state index in [1.807, 2.05) is 0 Å². The lowest BCUT2D eigenvalue weighted by Crippen LogP contribution is -2.28. The zero-order valence-corrected chi connectivity index (χ0v) is 8.91. The molecule has 0 spiro atoms. The van der Waals surface area contributed by atoms with E-state index >= 15 is 0 Å². The van der Waals surface area contributed by atoms with Crippen molar-refractivity contribution in [2.75, 3.05) is 14.2 Å². The fourth-order valence-corrected chi connectivity index (χ4v) is 1.22. The second kappa shape index (κ2) is 4.29. The SMILES string of the molecule is COC(=O)C(C)(F)c1cccc(OC)c1. The van der Waals surface area contributed by atoms with Gasteiger partial charge >= 0.3 is 5.97 Å². The van der Waals surface area contributed by atoms with Crippen molar-refractivity contribution in [3.8, 4) is 5.75 Å². The Hall–Kier alpha value is -1.58. The number of rotatable bonds is 3. The Kier molecular flexibility index (Phi) is 3.29. The molecule has 0 aliphatic carbocycles. The Bertz CT molecular complexity index is 361. The van der Waals surface area contributed by atoms with Crippen molar-refractivity contribution in [1.82, 2.24) is 0 Å². The van der Waals surface area contributed by atoms with Gasteiger partial charge in [0.2, 0.25) is 5.67 Å². The molecule has 1 rings (SSSR count). The van der Waals surface area contributed by atoms with Gasteiger partial charge in [-0.2, -0.15) is 0 Å². The number of hydrogen-bond acceptors (Lipinski definition) is 3. The molecule has 3 nitrogen and oxygen atoms in total. The third kappa shape index (κ3) is 2.26. The number of hydrogen-bond donors (Lipinski definition) is 0. The van der Waals surface area contributed by atoms with E-state index < -0.39 is 11.6 Å². The fourth-order valence-electron chi connectivity index (χ4n) is 1.22. The monoisotopic (exact) mass is 212 g/mol. The minimum atomic E-state index is -2.15. The third-order valence-corrected chi connectivity index (χ3v) is 2.18. The van der Waals surface area contributed by atoms with Crippen molar-refractivity contribution >= 4 is 5.97 Å². The van der Waals surface area contributed by atoms with Gasteiger partial charge in [-0.25, -0.2) is 9.18 Å². The van der Waals surface area contributed by atoms with Crippen LogP contribution in [0.4, 0.5) is 4.39 Å². The lowest BCUT2D eigenvalue weighted by atomic mass is 9.98. The first-order valence-corrected chi connectivity index (χ1v) is 4.44. The highest BCUT2D eigenvalue weighted by Crippen LogP contribution is 2.29. The molecule has 1 unspecified atom stereocenters. The van der Waals surface area contributed by atoms with E-state index in [-0.39, 0.29) is 5.56 Å². The number of alkyl halides is 1. The zero-order chi connectivity index (χ0) is 11.5. The number of ether oxygens (including phenoxy) is 2. The van der Waals surface area contributed by atoms with Crippen LogP contribution in [0.15, 0.2) is 24.3 Å². The van der Waals surface area contributed by atoms with Gasteiger partial charge in [0.25, 0.3) is 0 Å². The highest BCUT2D eigenvalue weighted by Gasteiger charge is 2.36. The van der Waals surface area contributed by atoms with Crippen LogP contribution in [0.3, 0.4) is 0 Å². The Morgan fingerprint density at radius 2 is 2.07 bits per heavy atom. The van der Waals surface area contributed by atoms with E-state index in [0.29, 0.717) is 5.75 Å². The summed E-state index contributed by atoms with van der Waals surface area (Å²) in [4.78, 5) is 11.2. The molecule has 1 atom stereocenters. The van der Waals surface area contributed by atoms with Crippen molar-refractivity contribution in [2.24, 2.45) is 0 Å². The quantitative estimate of drug-likeness (QED) is 0.719. The molecule has 0 aromatic heterocycles. The van der Waals surface area contributed by atoms with Gasteiger partial charge in [0.05, 0.1) is 14.2 Å². The largest absolute Gasteiger partial charge is 0.497 e. The lowest BCUT2D eigenvalue weighted by Gasteiger charge is -2.18. The van der Waals surface area contributed by atoms with Crippen LogP contribution in [-0.2, 0) is 15.2 Å². The van der Waals surface area contributed by atoms with E-state index in [1.165, 1.54) is 19.2 Å². The second-order valence-corrected chi connectivity index (χ2v) is 3.23. The maximum atomic E-state index is 14.0. The normalized spacial score (nSPS) is 14.1. The van der Waals surface area contributed by atoms with Crippen LogP contribution in [-0.4, -0.2) is 20.2 Å². The molecule has 4 heteroatoms. The summed E-state index contributed by atoms with van der Waals surface area (Å²) in [6.45, 7) is 1.16. The van der Waals surface area contributed by atoms with Crippen LogP contribution in [0, 0.1) is 0 Å². The topological polar surface area (TPSA) is 35.5 Å². The maximum Gasteiger partial charge on any atom is 0.348 e. The molecule has 0 bridgehead atoms. The third-order valence-electron chi connectivity index (χ3n) is 2.18. The zero-order valence-electron chi connectivity index (χ0n) is 8.91. The summed E-state index contributed by atoms with van der Waals surface area (Å²) >= 11 is 0. The molecule has 0 aliphatic rings. The average molecular weight is 212 g/mol. The van der Waals surface area contributed by atoms with Gasteiger partial charge < -0.3 is 9.47 Å². The maximum absolute atomic E-state index is 14.0. The van der Waals surface area contributed by atoms with Gasteiger partial charge in [-0.05, 0) is 19.1 Å². The van der Waals surface area contributed by atoms with Gasteiger partial charge in [-0.15, -0.1) is 0 Å². The number of esters is 1. The molecule has 1 aromatic carbocycles. The first kappa shape index (κ1) is 11.5. The molecule has 1 aromatic rings. The molecule has 82 valence electrons. The fraction of sp³-hybridized carbons (Fsp3) is 0.364. The predicted molar refractivity (Wildman–Crippen MR) is 53.5 cm³/mol. The molecular weight excluding hydrogens is 199 g/mol. The van der Waals surface area contributed by atoms with E-state index in [4.69, 9.17) is 4.74 Å². The van der Waals surface area contributed by atoms with Crippen LogP contribution in [0.25, 0.3) is 0 Å². The minimum absolute atomic E-state index is 0.216. The summed E-state index contributed by atoms with van der Waals surface area (Å²) in [5.74, 6) is -0.420. The molecule has 0 radical (unpaired) electrons. The smallest absolute Gasteiger partial charge is 0.348 e. The van der Waals surface area contributed by atoms with E-state index in [2.05, 4.69) is 4.74 Å². The lowest BCUT2D eigenvalue weighted by molar-refractivity contribution is -0.154. The molecular formula is C11H13FO3. The molecule has 0 aliphatic heterocycles. The molecule has 0 saturated heterocycles. The van der Waals surface area contributed by atoms with Crippen molar-refractivity contribution in [3.05, 3.63) is 29.8 Å². The van der Waals surface area contributed by atoms with Crippen LogP contribution in [0.5, 0.6) is 5.75 Å². The van der Waals surface area contributed by atoms with Gasteiger partial charge in [-0.3, -0.25) is 0 Å². The molecule has 0 fully saturated rings. The summed E-state index contributed by atoms with van der Waals surface area (Å²) in [7, 11) is 2.63. The Balaban J connectivity index is 3.09. The van der Waals surface area contributed by atoms with Crippen molar-refractivity contribution in [3.63, 3.8) is 0 Å². The number of halogens is 1. The summed E-state index contributed by atoms with van der Waals surface area (Å²) in [6.07, 6.45) is 0. The summed E-state index contributed by atoms with van der Waals surface area (Å²) in [5, 5.41) is 0. The highest BCUT2D eigenvalue weighted by atomic mass is 19.1. The highest BCUT2D eigenvalue weighted by molar-refractivity contribution is 5.80. The molecule has 15 heavy (non-hydrogen) atoms.